The van der Waals surface area contributed by atoms with Gasteiger partial charge in [0.15, 0.2) is 6.10 Å². The molecule has 0 spiro atoms. The maximum absolute atomic E-state index is 11.9. The van der Waals surface area contributed by atoms with Crippen LogP contribution in [-0.2, 0) is 9.59 Å². The molecule has 2 atom stereocenters. The lowest BCUT2D eigenvalue weighted by Crippen LogP contribution is -2.54. The van der Waals surface area contributed by atoms with Crippen LogP contribution in [0.15, 0.2) is 24.3 Å². The van der Waals surface area contributed by atoms with Crippen LogP contribution < -0.4 is 14.7 Å². The van der Waals surface area contributed by atoms with Crippen LogP contribution in [-0.4, -0.2) is 24.0 Å². The molecule has 0 N–H and O–H groups in total. The maximum Gasteiger partial charge on any atom is 0.268 e. The van der Waals surface area contributed by atoms with Crippen LogP contribution in [0.25, 0.3) is 0 Å². The summed E-state index contributed by atoms with van der Waals surface area (Å²) in [6.45, 7) is 3.01. The zero-order chi connectivity index (χ0) is 12.6. The van der Waals surface area contributed by atoms with Crippen LogP contribution in [0.4, 0.5) is 5.69 Å². The van der Waals surface area contributed by atoms with E-state index in [0.717, 1.165) is 0 Å². The van der Waals surface area contributed by atoms with Gasteiger partial charge in [0.05, 0.1) is 17.7 Å². The topological polar surface area (TPSA) is 69.7 Å². The first-order valence-electron chi connectivity index (χ1n) is 5.32. The quantitative estimate of drug-likeness (QED) is 0.718. The third kappa shape index (κ3) is 1.84. The summed E-state index contributed by atoms with van der Waals surface area (Å²) in [5.74, 6) is -1.16. The number of hydrogen-bond acceptors (Lipinski definition) is 4. The smallest absolute Gasteiger partial charge is 0.268 e. The van der Waals surface area contributed by atoms with Gasteiger partial charge in [-0.1, -0.05) is 12.1 Å². The summed E-state index contributed by atoms with van der Waals surface area (Å²) in [5.41, 5.74) is 0.465. The lowest BCUT2D eigenvalue weighted by atomic mass is 10.1. The number of fused-ring (bicyclic) bond motifs is 1. The molecule has 0 bridgehead atoms. The molecule has 5 heteroatoms. The minimum absolute atomic E-state index is 0.375. The van der Waals surface area contributed by atoms with Gasteiger partial charge in [0.2, 0.25) is 0 Å². The van der Waals surface area contributed by atoms with Gasteiger partial charge in [-0.05, 0) is 26.0 Å². The third-order valence-electron chi connectivity index (χ3n) is 2.74. The predicted molar refractivity (Wildman–Crippen MR) is 58.5 cm³/mol. The van der Waals surface area contributed by atoms with Crippen molar-refractivity contribution in [2.24, 2.45) is 0 Å². The summed E-state index contributed by atoms with van der Waals surface area (Å²) in [4.78, 5) is 24.1. The second kappa shape index (κ2) is 4.08. The van der Waals surface area contributed by atoms with Crippen LogP contribution in [0.5, 0.6) is 5.75 Å². The molecule has 1 amide bonds. The second-order valence-electron chi connectivity index (χ2n) is 3.93. The van der Waals surface area contributed by atoms with E-state index in [1.165, 1.54) is 11.8 Å². The lowest BCUT2D eigenvalue weighted by molar-refractivity contribution is -0.307. The molecule has 5 nitrogen and oxygen atoms in total. The van der Waals surface area contributed by atoms with Gasteiger partial charge in [0.25, 0.3) is 5.91 Å². The number of rotatable bonds is 2. The van der Waals surface area contributed by atoms with Crippen LogP contribution in [0.3, 0.4) is 0 Å². The third-order valence-corrected chi connectivity index (χ3v) is 2.74. The van der Waals surface area contributed by atoms with Gasteiger partial charge >= 0.3 is 0 Å². The van der Waals surface area contributed by atoms with Crippen molar-refractivity contribution in [1.82, 2.24) is 0 Å². The van der Waals surface area contributed by atoms with Crippen molar-refractivity contribution < 1.29 is 19.4 Å². The standard InChI is InChI=1S/C12H13NO4/c1-7(12(15)16)13-9-5-3-4-6-10(9)17-8(2)11(13)14/h3-8H,1-2H3,(H,15,16)/p-1/t7-,8-/m1/s1. The van der Waals surface area contributed by atoms with Crippen molar-refractivity contribution in [3.63, 3.8) is 0 Å². The number of nitrogens with zero attached hydrogens (tertiary/aromatic N) is 1. The van der Waals surface area contributed by atoms with E-state index in [0.29, 0.717) is 11.4 Å². The Morgan fingerprint density at radius 2 is 2.12 bits per heavy atom. The highest BCUT2D eigenvalue weighted by atomic mass is 16.5. The zero-order valence-corrected chi connectivity index (χ0v) is 9.54. The fourth-order valence-corrected chi connectivity index (χ4v) is 1.82. The Hall–Kier alpha value is -2.04. The van der Waals surface area contributed by atoms with Crippen molar-refractivity contribution in [3.05, 3.63) is 24.3 Å². The van der Waals surface area contributed by atoms with Crippen molar-refractivity contribution in [1.29, 1.82) is 0 Å². The number of ether oxygens (including phenoxy) is 1. The van der Waals surface area contributed by atoms with Crippen molar-refractivity contribution in [2.45, 2.75) is 26.0 Å². The number of anilines is 1. The number of benzene rings is 1. The van der Waals surface area contributed by atoms with Crippen LogP contribution in [0, 0.1) is 0 Å². The minimum atomic E-state index is -1.29. The van der Waals surface area contributed by atoms with Gasteiger partial charge in [-0.25, -0.2) is 0 Å². The first-order valence-corrected chi connectivity index (χ1v) is 5.32. The summed E-state index contributed by atoms with van der Waals surface area (Å²) >= 11 is 0. The Bertz CT molecular complexity index is 471. The summed E-state index contributed by atoms with van der Waals surface area (Å²) in [7, 11) is 0. The number of carbonyl (C=O) groups excluding carboxylic acids is 2. The zero-order valence-electron chi connectivity index (χ0n) is 9.54. The average Bonchev–Trinajstić information content (AvgIpc) is 2.30. The van der Waals surface area contributed by atoms with Crippen LogP contribution >= 0.6 is 0 Å². The largest absolute Gasteiger partial charge is 0.548 e. The Morgan fingerprint density at radius 1 is 1.47 bits per heavy atom. The Labute approximate surface area is 98.6 Å². The highest BCUT2D eigenvalue weighted by molar-refractivity contribution is 6.03. The summed E-state index contributed by atoms with van der Waals surface area (Å²) < 4.78 is 5.40. The first-order chi connectivity index (χ1) is 8.02. The molecule has 2 rings (SSSR count). The Kier molecular flexibility index (Phi) is 2.75. The molecule has 0 saturated heterocycles. The summed E-state index contributed by atoms with van der Waals surface area (Å²) in [6.07, 6.45) is -0.688. The predicted octanol–water partition coefficient (Wildman–Crippen LogP) is -0.0611. The van der Waals surface area contributed by atoms with Gasteiger partial charge in [0, 0.05) is 0 Å². The molecule has 90 valence electrons. The molecular formula is C12H12NO4-. The molecule has 0 unspecified atom stereocenters. The van der Waals surface area contributed by atoms with Crippen LogP contribution in [0.1, 0.15) is 13.8 Å². The maximum atomic E-state index is 11.9. The van der Waals surface area contributed by atoms with Crippen LogP contribution in [0.2, 0.25) is 0 Å². The van der Waals surface area contributed by atoms with Crippen molar-refractivity contribution >= 4 is 17.6 Å². The molecule has 1 heterocycles. The molecule has 17 heavy (non-hydrogen) atoms. The van der Waals surface area contributed by atoms with Gasteiger partial charge < -0.3 is 14.6 Å². The first kappa shape index (κ1) is 11.4. The number of aliphatic carboxylic acids is 1. The van der Waals surface area contributed by atoms with Gasteiger partial charge in [-0.15, -0.1) is 0 Å². The van der Waals surface area contributed by atoms with Crippen molar-refractivity contribution in [3.8, 4) is 5.75 Å². The number of amides is 1. The number of carbonyl (C=O) groups is 2. The Morgan fingerprint density at radius 3 is 2.76 bits per heavy atom. The fourth-order valence-electron chi connectivity index (χ4n) is 1.82. The normalized spacial score (nSPS) is 20.5. The van der Waals surface area contributed by atoms with Gasteiger partial charge in [-0.2, -0.15) is 0 Å². The molecule has 0 fully saturated rings. The molecule has 0 saturated carbocycles. The van der Waals surface area contributed by atoms with E-state index in [4.69, 9.17) is 4.74 Å². The van der Waals surface area contributed by atoms with E-state index >= 15 is 0 Å². The van der Waals surface area contributed by atoms with E-state index in [1.807, 2.05) is 0 Å². The molecule has 1 aliphatic rings. The number of carboxylic acid groups (broad SMARTS) is 1. The Balaban J connectivity index is 2.49. The fraction of sp³-hybridized carbons (Fsp3) is 0.333. The second-order valence-corrected chi connectivity index (χ2v) is 3.93. The number of carboxylic acids is 1. The van der Waals surface area contributed by atoms with Crippen molar-refractivity contribution in [2.75, 3.05) is 4.90 Å². The lowest BCUT2D eigenvalue weighted by Gasteiger charge is -2.37. The monoisotopic (exact) mass is 234 g/mol. The minimum Gasteiger partial charge on any atom is -0.548 e. The summed E-state index contributed by atoms with van der Waals surface area (Å²) in [6, 6.07) is 5.82. The average molecular weight is 234 g/mol. The van der Waals surface area contributed by atoms with Gasteiger partial charge in [-0.3, -0.25) is 9.69 Å². The van der Waals surface area contributed by atoms with E-state index in [1.54, 1.807) is 31.2 Å². The number of para-hydroxylation sites is 2. The highest BCUT2D eigenvalue weighted by Crippen LogP contribution is 2.34. The molecule has 0 aliphatic carbocycles. The molecule has 0 radical (unpaired) electrons. The number of hydrogen-bond donors (Lipinski definition) is 0. The van der Waals surface area contributed by atoms with E-state index in [-0.39, 0.29) is 5.91 Å². The van der Waals surface area contributed by atoms with E-state index in [9.17, 15) is 14.7 Å². The van der Waals surface area contributed by atoms with Gasteiger partial charge in [0.1, 0.15) is 5.75 Å². The molecule has 0 aromatic heterocycles. The van der Waals surface area contributed by atoms with E-state index in [2.05, 4.69) is 0 Å². The molecule has 1 aliphatic heterocycles. The highest BCUT2D eigenvalue weighted by Gasteiger charge is 2.34. The SMILES string of the molecule is C[C@H](C(=O)[O-])N1C(=O)[C@@H](C)Oc2ccccc21. The summed E-state index contributed by atoms with van der Waals surface area (Å²) in [5, 5.41) is 10.9. The molecular weight excluding hydrogens is 222 g/mol. The molecule has 1 aromatic carbocycles. The molecule has 1 aromatic rings. The van der Waals surface area contributed by atoms with E-state index < -0.39 is 18.1 Å².